The number of aliphatic hydroxyl groups excluding tert-OH is 1. The maximum atomic E-state index is 12.5. The summed E-state index contributed by atoms with van der Waals surface area (Å²) in [5, 5.41) is 12.8. The third-order valence-corrected chi connectivity index (χ3v) is 4.88. The zero-order valence-corrected chi connectivity index (χ0v) is 13.0. The van der Waals surface area contributed by atoms with Crippen LogP contribution in [0.1, 0.15) is 20.3 Å². The number of aliphatic hydroxyl groups is 1. The monoisotopic (exact) mass is 305 g/mol. The molecule has 0 saturated carbocycles. The van der Waals surface area contributed by atoms with Crippen LogP contribution in [0.4, 0.5) is 0 Å². The van der Waals surface area contributed by atoms with Crippen LogP contribution >= 0.6 is 0 Å². The highest BCUT2D eigenvalue weighted by Crippen LogP contribution is 2.17. The van der Waals surface area contributed by atoms with E-state index in [1.165, 1.54) is 28.5 Å². The molecule has 0 saturated heterocycles. The molecule has 116 valence electrons. The van der Waals surface area contributed by atoms with E-state index in [0.29, 0.717) is 26.1 Å². The fourth-order valence-electron chi connectivity index (χ4n) is 1.81. The van der Waals surface area contributed by atoms with E-state index in [9.17, 15) is 8.42 Å². The fraction of sp³-hybridized carbons (Fsp3) is 0.750. The van der Waals surface area contributed by atoms with Gasteiger partial charge in [0.15, 0.2) is 0 Å². The second-order valence-electron chi connectivity index (χ2n) is 4.72. The predicted octanol–water partition coefficient (Wildman–Crippen LogP) is 0.311. The van der Waals surface area contributed by atoms with Crippen molar-refractivity contribution < 1.29 is 18.3 Å². The van der Waals surface area contributed by atoms with Crippen LogP contribution in [0, 0.1) is 0 Å². The first-order valence-electron chi connectivity index (χ1n) is 6.57. The summed E-state index contributed by atoms with van der Waals surface area (Å²) in [4.78, 5) is 0.167. The van der Waals surface area contributed by atoms with Crippen LogP contribution in [0.5, 0.6) is 0 Å². The number of aryl methyl sites for hydroxylation is 1. The molecule has 0 atom stereocenters. The molecule has 0 amide bonds. The first kappa shape index (κ1) is 17.1. The second kappa shape index (κ2) is 7.72. The first-order valence-corrected chi connectivity index (χ1v) is 8.01. The summed E-state index contributed by atoms with van der Waals surface area (Å²) in [5.41, 5.74) is 0. The third-order valence-electron chi connectivity index (χ3n) is 2.85. The standard InChI is InChI=1S/C12H23N3O4S/c1-11(2)15(6-8-19-3)20(17,18)12-9-13-14(10-12)5-4-7-16/h9-11,16H,4-8H2,1-3H3. The summed E-state index contributed by atoms with van der Waals surface area (Å²) >= 11 is 0. The van der Waals surface area contributed by atoms with Crippen molar-refractivity contribution in [3.05, 3.63) is 12.4 Å². The van der Waals surface area contributed by atoms with Gasteiger partial charge in [0.1, 0.15) is 4.90 Å². The van der Waals surface area contributed by atoms with Crippen LogP contribution in [0.25, 0.3) is 0 Å². The Bertz CT molecular complexity index is 499. The number of hydrogen-bond acceptors (Lipinski definition) is 5. The number of nitrogens with zero attached hydrogens (tertiary/aromatic N) is 3. The third kappa shape index (κ3) is 4.27. The normalized spacial score (nSPS) is 12.5. The molecule has 0 unspecified atom stereocenters. The molecule has 0 spiro atoms. The Morgan fingerprint density at radius 2 is 2.20 bits per heavy atom. The van der Waals surface area contributed by atoms with Crippen molar-refractivity contribution in [3.8, 4) is 0 Å². The van der Waals surface area contributed by atoms with Gasteiger partial charge in [0.25, 0.3) is 0 Å². The zero-order chi connectivity index (χ0) is 15.2. The van der Waals surface area contributed by atoms with Crippen LogP contribution in [-0.2, 0) is 21.3 Å². The van der Waals surface area contributed by atoms with Crippen molar-refractivity contribution in [1.82, 2.24) is 14.1 Å². The lowest BCUT2D eigenvalue weighted by Crippen LogP contribution is -2.39. The van der Waals surface area contributed by atoms with E-state index in [1.54, 1.807) is 0 Å². The summed E-state index contributed by atoms with van der Waals surface area (Å²) in [6.07, 6.45) is 3.38. The van der Waals surface area contributed by atoms with Gasteiger partial charge in [-0.25, -0.2) is 8.42 Å². The van der Waals surface area contributed by atoms with Gasteiger partial charge in [-0.15, -0.1) is 0 Å². The van der Waals surface area contributed by atoms with Crippen molar-refractivity contribution >= 4 is 10.0 Å². The smallest absolute Gasteiger partial charge is 0.246 e. The number of aromatic nitrogens is 2. The number of ether oxygens (including phenoxy) is 1. The average Bonchev–Trinajstić information content (AvgIpc) is 2.85. The Hall–Kier alpha value is -0.960. The lowest BCUT2D eigenvalue weighted by atomic mass is 10.4. The van der Waals surface area contributed by atoms with Crippen LogP contribution in [0.3, 0.4) is 0 Å². The molecule has 8 heteroatoms. The zero-order valence-electron chi connectivity index (χ0n) is 12.2. The Labute approximate surface area is 120 Å². The van der Waals surface area contributed by atoms with E-state index in [4.69, 9.17) is 9.84 Å². The molecular weight excluding hydrogens is 282 g/mol. The molecule has 1 aromatic rings. The van der Waals surface area contributed by atoms with E-state index < -0.39 is 10.0 Å². The maximum Gasteiger partial charge on any atom is 0.246 e. The molecule has 1 heterocycles. The van der Waals surface area contributed by atoms with Crippen LogP contribution in [0.15, 0.2) is 17.3 Å². The summed E-state index contributed by atoms with van der Waals surface area (Å²) < 4.78 is 32.9. The molecule has 7 nitrogen and oxygen atoms in total. The quantitative estimate of drug-likeness (QED) is 0.710. The van der Waals surface area contributed by atoms with Crippen LogP contribution < -0.4 is 0 Å². The Kier molecular flexibility index (Phi) is 6.60. The number of hydrogen-bond donors (Lipinski definition) is 1. The largest absolute Gasteiger partial charge is 0.396 e. The molecule has 0 aliphatic heterocycles. The Balaban J connectivity index is 2.91. The lowest BCUT2D eigenvalue weighted by molar-refractivity contribution is 0.171. The van der Waals surface area contributed by atoms with E-state index in [1.807, 2.05) is 13.8 Å². The van der Waals surface area contributed by atoms with Crippen molar-refractivity contribution in [3.63, 3.8) is 0 Å². The first-order chi connectivity index (χ1) is 9.43. The van der Waals surface area contributed by atoms with E-state index in [2.05, 4.69) is 5.10 Å². The number of sulfonamides is 1. The van der Waals surface area contributed by atoms with Gasteiger partial charge < -0.3 is 9.84 Å². The molecule has 1 aromatic heterocycles. The minimum atomic E-state index is -3.57. The van der Waals surface area contributed by atoms with Gasteiger partial charge >= 0.3 is 0 Å². The Morgan fingerprint density at radius 3 is 2.75 bits per heavy atom. The average molecular weight is 305 g/mol. The minimum absolute atomic E-state index is 0.0495. The molecule has 0 bridgehead atoms. The van der Waals surface area contributed by atoms with Gasteiger partial charge in [0, 0.05) is 39.0 Å². The van der Waals surface area contributed by atoms with Gasteiger partial charge in [-0.05, 0) is 20.3 Å². The van der Waals surface area contributed by atoms with Gasteiger partial charge in [-0.2, -0.15) is 9.40 Å². The van der Waals surface area contributed by atoms with E-state index >= 15 is 0 Å². The van der Waals surface area contributed by atoms with Gasteiger partial charge in [0.05, 0.1) is 12.8 Å². The predicted molar refractivity (Wildman–Crippen MR) is 74.8 cm³/mol. The molecule has 0 radical (unpaired) electrons. The summed E-state index contributed by atoms with van der Waals surface area (Å²) in [7, 11) is -2.03. The molecule has 1 N–H and O–H groups in total. The number of rotatable bonds is 9. The maximum absolute atomic E-state index is 12.5. The second-order valence-corrected chi connectivity index (χ2v) is 6.61. The highest BCUT2D eigenvalue weighted by molar-refractivity contribution is 7.89. The fourth-order valence-corrected chi connectivity index (χ4v) is 3.38. The van der Waals surface area contributed by atoms with E-state index in [0.717, 1.165) is 0 Å². The molecule has 1 rings (SSSR count). The summed E-state index contributed by atoms with van der Waals surface area (Å²) in [6, 6.07) is -0.157. The molecule has 0 aliphatic rings. The van der Waals surface area contributed by atoms with E-state index in [-0.39, 0.29) is 17.5 Å². The van der Waals surface area contributed by atoms with Crippen molar-refractivity contribution in [2.45, 2.75) is 37.8 Å². The van der Waals surface area contributed by atoms with Crippen molar-refractivity contribution in [2.24, 2.45) is 0 Å². The summed E-state index contributed by atoms with van der Waals surface area (Å²) in [6.45, 7) is 4.83. The van der Waals surface area contributed by atoms with Gasteiger partial charge in [0.2, 0.25) is 10.0 Å². The minimum Gasteiger partial charge on any atom is -0.396 e. The topological polar surface area (TPSA) is 84.7 Å². The van der Waals surface area contributed by atoms with Crippen LogP contribution in [-0.4, -0.2) is 60.5 Å². The molecule has 0 aromatic carbocycles. The number of methoxy groups -OCH3 is 1. The van der Waals surface area contributed by atoms with Crippen molar-refractivity contribution in [1.29, 1.82) is 0 Å². The highest BCUT2D eigenvalue weighted by atomic mass is 32.2. The SMILES string of the molecule is COCCN(C(C)C)S(=O)(=O)c1cnn(CCCO)c1. The summed E-state index contributed by atoms with van der Waals surface area (Å²) in [5.74, 6) is 0. The molecule has 0 aliphatic carbocycles. The molecular formula is C12H23N3O4S. The molecule has 20 heavy (non-hydrogen) atoms. The van der Waals surface area contributed by atoms with Gasteiger partial charge in [-0.3, -0.25) is 4.68 Å². The highest BCUT2D eigenvalue weighted by Gasteiger charge is 2.27. The Morgan fingerprint density at radius 1 is 1.50 bits per heavy atom. The van der Waals surface area contributed by atoms with Crippen LogP contribution in [0.2, 0.25) is 0 Å². The molecule has 0 fully saturated rings. The van der Waals surface area contributed by atoms with Gasteiger partial charge in [-0.1, -0.05) is 0 Å². The lowest BCUT2D eigenvalue weighted by Gasteiger charge is -2.24. The van der Waals surface area contributed by atoms with Crippen molar-refractivity contribution in [2.75, 3.05) is 26.9 Å².